The molecule has 6 aromatic rings. The minimum Gasteiger partial charge on any atom is -0.440 e. The van der Waals surface area contributed by atoms with Crippen molar-refractivity contribution in [3.8, 4) is 0 Å². The molecule has 188 valence electrons. The van der Waals surface area contributed by atoms with Crippen LogP contribution in [0, 0.1) is 23.3 Å². The summed E-state index contributed by atoms with van der Waals surface area (Å²) in [7, 11) is 0. The van der Waals surface area contributed by atoms with Crippen LogP contribution >= 0.6 is 0 Å². The Hall–Kier alpha value is -4.46. The van der Waals surface area contributed by atoms with Crippen molar-refractivity contribution in [1.29, 1.82) is 0 Å². The molecular weight excluding hydrogens is 496 g/mol. The quantitative estimate of drug-likeness (QED) is 0.224. The van der Waals surface area contributed by atoms with Crippen molar-refractivity contribution in [2.24, 2.45) is 0 Å². The number of para-hydroxylation sites is 4. The highest BCUT2D eigenvalue weighted by molar-refractivity contribution is 5.73. The van der Waals surface area contributed by atoms with Gasteiger partial charge in [-0.05, 0) is 47.5 Å². The Morgan fingerprint density at radius 1 is 0.500 bits per heavy atom. The van der Waals surface area contributed by atoms with E-state index >= 15 is 8.78 Å². The molecule has 0 spiro atoms. The molecular formula is C30H18F4N2O2. The highest BCUT2D eigenvalue weighted by atomic mass is 19.1. The summed E-state index contributed by atoms with van der Waals surface area (Å²) in [6, 6.07) is 21.0. The van der Waals surface area contributed by atoms with Gasteiger partial charge >= 0.3 is 0 Å². The molecule has 7 rings (SSSR count). The molecule has 0 saturated heterocycles. The normalized spacial score (nSPS) is 21.2. The van der Waals surface area contributed by atoms with E-state index in [0.717, 1.165) is 24.3 Å². The number of nitrogens with zero attached hydrogens (tertiary/aromatic N) is 2. The van der Waals surface area contributed by atoms with Crippen LogP contribution in [0.2, 0.25) is 0 Å². The minimum absolute atomic E-state index is 0.166. The average Bonchev–Trinajstić information content (AvgIpc) is 3.50. The molecule has 1 aliphatic carbocycles. The number of fused-ring (bicyclic) bond motifs is 2. The molecule has 1 fully saturated rings. The number of rotatable bonds is 4. The lowest BCUT2D eigenvalue weighted by atomic mass is 9.52. The molecule has 1 aliphatic rings. The number of hydrogen-bond donors (Lipinski definition) is 0. The van der Waals surface area contributed by atoms with Gasteiger partial charge in [0.05, 0.1) is 11.8 Å². The van der Waals surface area contributed by atoms with Crippen molar-refractivity contribution in [3.63, 3.8) is 0 Å². The Balaban J connectivity index is 1.47. The smallest absolute Gasteiger partial charge is 0.200 e. The first-order valence-electron chi connectivity index (χ1n) is 12.1. The van der Waals surface area contributed by atoms with Gasteiger partial charge < -0.3 is 8.83 Å². The van der Waals surface area contributed by atoms with Crippen LogP contribution in [0.25, 0.3) is 22.2 Å². The van der Waals surface area contributed by atoms with Crippen LogP contribution in [0.4, 0.5) is 17.6 Å². The second-order valence-electron chi connectivity index (χ2n) is 9.47. The fourth-order valence-corrected chi connectivity index (χ4v) is 5.75. The first-order valence-corrected chi connectivity index (χ1v) is 12.1. The molecule has 0 bridgehead atoms. The van der Waals surface area contributed by atoms with Crippen molar-refractivity contribution in [3.05, 3.63) is 131 Å². The third-order valence-electron chi connectivity index (χ3n) is 7.38. The fourth-order valence-electron chi connectivity index (χ4n) is 5.75. The number of benzene rings is 4. The summed E-state index contributed by atoms with van der Waals surface area (Å²) >= 11 is 0. The minimum atomic E-state index is -0.778. The van der Waals surface area contributed by atoms with E-state index in [0.29, 0.717) is 34.0 Å². The molecule has 2 heterocycles. The van der Waals surface area contributed by atoms with Crippen LogP contribution in [0.3, 0.4) is 0 Å². The summed E-state index contributed by atoms with van der Waals surface area (Å²) in [5, 5.41) is 0. The first-order chi connectivity index (χ1) is 18.5. The number of oxazole rings is 2. The molecule has 0 aliphatic heterocycles. The topological polar surface area (TPSA) is 52.1 Å². The van der Waals surface area contributed by atoms with Crippen LogP contribution in [-0.2, 0) is 0 Å². The second kappa shape index (κ2) is 8.55. The van der Waals surface area contributed by atoms with E-state index in [1.165, 1.54) is 12.1 Å². The van der Waals surface area contributed by atoms with Crippen molar-refractivity contribution >= 4 is 22.2 Å². The van der Waals surface area contributed by atoms with Crippen molar-refractivity contribution in [1.82, 2.24) is 9.97 Å². The van der Waals surface area contributed by atoms with Crippen LogP contribution in [0.5, 0.6) is 0 Å². The molecule has 1 saturated carbocycles. The molecule has 8 heteroatoms. The van der Waals surface area contributed by atoms with E-state index < -0.39 is 46.9 Å². The summed E-state index contributed by atoms with van der Waals surface area (Å²) in [4.78, 5) is 9.33. The highest BCUT2D eigenvalue weighted by Gasteiger charge is 2.58. The maximum atomic E-state index is 15.3. The number of halogens is 4. The zero-order valence-electron chi connectivity index (χ0n) is 19.6. The Labute approximate surface area is 213 Å². The van der Waals surface area contributed by atoms with Gasteiger partial charge in [-0.2, -0.15) is 0 Å². The lowest BCUT2D eigenvalue weighted by Crippen LogP contribution is -2.41. The molecule has 38 heavy (non-hydrogen) atoms. The fraction of sp³-hybridized carbons (Fsp3) is 0.133. The van der Waals surface area contributed by atoms with Gasteiger partial charge in [-0.3, -0.25) is 0 Å². The summed E-state index contributed by atoms with van der Waals surface area (Å²) in [6.45, 7) is 0. The van der Waals surface area contributed by atoms with E-state index in [1.807, 2.05) is 24.3 Å². The zero-order chi connectivity index (χ0) is 26.0. The number of hydrogen-bond acceptors (Lipinski definition) is 4. The predicted molar refractivity (Wildman–Crippen MR) is 132 cm³/mol. The van der Waals surface area contributed by atoms with Gasteiger partial charge in [-0.15, -0.1) is 0 Å². The van der Waals surface area contributed by atoms with E-state index in [1.54, 1.807) is 24.3 Å². The Kier molecular flexibility index (Phi) is 5.11. The number of aromatic nitrogens is 2. The summed E-state index contributed by atoms with van der Waals surface area (Å²) in [5.41, 5.74) is 2.61. The van der Waals surface area contributed by atoms with Crippen molar-refractivity contribution in [2.75, 3.05) is 0 Å². The molecule has 0 unspecified atom stereocenters. The molecule has 0 radical (unpaired) electrons. The van der Waals surface area contributed by atoms with E-state index in [4.69, 9.17) is 8.83 Å². The monoisotopic (exact) mass is 514 g/mol. The summed E-state index contributed by atoms with van der Waals surface area (Å²) < 4.78 is 70.6. The lowest BCUT2D eigenvalue weighted by molar-refractivity contribution is 0.164. The largest absolute Gasteiger partial charge is 0.440 e. The first kappa shape index (κ1) is 22.7. The summed E-state index contributed by atoms with van der Waals surface area (Å²) in [5.74, 6) is -5.16. The van der Waals surface area contributed by atoms with Crippen molar-refractivity contribution < 1.29 is 26.4 Å². The average molecular weight is 514 g/mol. The van der Waals surface area contributed by atoms with Gasteiger partial charge in [0.25, 0.3) is 0 Å². The summed E-state index contributed by atoms with van der Waals surface area (Å²) in [6.07, 6.45) is 0. The van der Waals surface area contributed by atoms with Crippen LogP contribution in [0.15, 0.2) is 93.8 Å². The molecule has 4 nitrogen and oxygen atoms in total. The third kappa shape index (κ3) is 3.51. The van der Waals surface area contributed by atoms with Gasteiger partial charge in [0.1, 0.15) is 34.3 Å². The molecule has 2 aromatic heterocycles. The second-order valence-corrected chi connectivity index (χ2v) is 9.47. The Morgan fingerprint density at radius 2 is 0.921 bits per heavy atom. The van der Waals surface area contributed by atoms with Gasteiger partial charge in [-0.1, -0.05) is 36.4 Å². The van der Waals surface area contributed by atoms with Crippen LogP contribution < -0.4 is 0 Å². The highest BCUT2D eigenvalue weighted by Crippen LogP contribution is 2.67. The third-order valence-corrected chi connectivity index (χ3v) is 7.38. The Morgan fingerprint density at radius 3 is 1.32 bits per heavy atom. The molecule has 0 amide bonds. The maximum Gasteiger partial charge on any atom is 0.200 e. The van der Waals surface area contributed by atoms with Crippen LogP contribution in [0.1, 0.15) is 46.6 Å². The molecule has 0 N–H and O–H groups in total. The van der Waals surface area contributed by atoms with Crippen molar-refractivity contribution in [2.45, 2.75) is 23.7 Å². The van der Waals surface area contributed by atoms with E-state index in [9.17, 15) is 8.78 Å². The predicted octanol–water partition coefficient (Wildman–Crippen LogP) is 7.97. The van der Waals surface area contributed by atoms with Gasteiger partial charge in [0, 0.05) is 24.0 Å². The lowest BCUT2D eigenvalue weighted by Gasteiger charge is -2.49. The SMILES string of the molecule is Fc1ccc([C@@H]2[C@@H](c3nc4ccccc4o3)[C@@H](c3nc4ccccc4o3)[C@@H]2c2ccc(F)cc2F)c(F)c1. The van der Waals surface area contributed by atoms with E-state index in [-0.39, 0.29) is 11.1 Å². The van der Waals surface area contributed by atoms with Crippen LogP contribution in [-0.4, -0.2) is 9.97 Å². The Bertz CT molecular complexity index is 1630. The van der Waals surface area contributed by atoms with Gasteiger partial charge in [0.2, 0.25) is 0 Å². The zero-order valence-corrected chi connectivity index (χ0v) is 19.6. The van der Waals surface area contributed by atoms with Gasteiger partial charge in [-0.25, -0.2) is 27.5 Å². The van der Waals surface area contributed by atoms with Gasteiger partial charge in [0.15, 0.2) is 22.9 Å². The molecule has 4 aromatic carbocycles. The van der Waals surface area contributed by atoms with E-state index in [2.05, 4.69) is 9.97 Å². The maximum absolute atomic E-state index is 15.3. The molecule has 4 atom stereocenters. The standard InChI is InChI=1S/C30H18F4N2O2/c31-15-9-11-17(19(33)13-15)25-26(18-12-10-16(32)14-20(18)34)28(30-36-22-6-2-4-8-24(22)38-30)27(25)29-35-21-5-1-3-7-23(21)37-29/h1-14,25-28H/t25-,26+,27+,28-.